The Morgan fingerprint density at radius 1 is 0.895 bits per heavy atom. The fourth-order valence-corrected chi connectivity index (χ4v) is 6.77. The number of carbonyl (C=O) groups is 2. The Morgan fingerprint density at radius 2 is 1.55 bits per heavy atom. The standard InChI is InChI=1S/C30H30BrCl2NO4/c1-3-34-22-7-5-9-24(35)28(22)27(29-23(34)8-6-10-25(29)36)18-14-19(31)30(26(15-18)37-4-2)38-16-17-11-12-20(32)21(33)13-17/h11-15,27H,3-10,16H2,1-2H3. The molecule has 0 spiro atoms. The van der Waals surface area contributed by atoms with E-state index in [0.717, 1.165) is 65.9 Å². The smallest absolute Gasteiger partial charge is 0.175 e. The molecule has 2 aliphatic carbocycles. The summed E-state index contributed by atoms with van der Waals surface area (Å²) in [6, 6.07) is 9.29. The average molecular weight is 619 g/mol. The maximum Gasteiger partial charge on any atom is 0.175 e. The summed E-state index contributed by atoms with van der Waals surface area (Å²) in [6.45, 7) is 5.47. The van der Waals surface area contributed by atoms with E-state index in [4.69, 9.17) is 32.7 Å². The average Bonchev–Trinajstić information content (AvgIpc) is 2.89. The van der Waals surface area contributed by atoms with Gasteiger partial charge in [0, 0.05) is 47.8 Å². The summed E-state index contributed by atoms with van der Waals surface area (Å²) in [5, 5.41) is 0.954. The van der Waals surface area contributed by atoms with Crippen LogP contribution in [0.3, 0.4) is 0 Å². The molecule has 0 bridgehead atoms. The summed E-state index contributed by atoms with van der Waals surface area (Å²) < 4.78 is 12.9. The lowest BCUT2D eigenvalue weighted by atomic mass is 9.71. The number of Topliss-reactive ketones (excluding diaryl/α,β-unsaturated/α-hetero) is 2. The summed E-state index contributed by atoms with van der Waals surface area (Å²) in [5.74, 6) is 0.983. The van der Waals surface area contributed by atoms with Gasteiger partial charge in [0.25, 0.3) is 0 Å². The number of ketones is 2. The monoisotopic (exact) mass is 617 g/mol. The molecule has 2 aromatic rings. The van der Waals surface area contributed by atoms with Crippen molar-refractivity contribution in [1.29, 1.82) is 0 Å². The molecule has 0 fully saturated rings. The molecular formula is C30H30BrCl2NO4. The molecule has 38 heavy (non-hydrogen) atoms. The zero-order valence-corrected chi connectivity index (χ0v) is 24.6. The Kier molecular flexibility index (Phi) is 8.22. The van der Waals surface area contributed by atoms with Crippen molar-refractivity contribution in [3.8, 4) is 11.5 Å². The van der Waals surface area contributed by atoms with Gasteiger partial charge in [-0.25, -0.2) is 0 Å². The maximum absolute atomic E-state index is 13.4. The molecule has 0 radical (unpaired) electrons. The van der Waals surface area contributed by atoms with Gasteiger partial charge in [0.15, 0.2) is 23.1 Å². The molecule has 8 heteroatoms. The van der Waals surface area contributed by atoms with Gasteiger partial charge in [0.2, 0.25) is 0 Å². The molecule has 0 saturated heterocycles. The van der Waals surface area contributed by atoms with E-state index in [-0.39, 0.29) is 18.2 Å². The number of hydrogen-bond acceptors (Lipinski definition) is 5. The van der Waals surface area contributed by atoms with Crippen LogP contribution in [0.5, 0.6) is 11.5 Å². The van der Waals surface area contributed by atoms with Crippen LogP contribution in [0.25, 0.3) is 0 Å². The van der Waals surface area contributed by atoms with Crippen LogP contribution in [0.15, 0.2) is 57.3 Å². The number of allylic oxidation sites excluding steroid dienone is 4. The Balaban J connectivity index is 1.59. The van der Waals surface area contributed by atoms with Gasteiger partial charge < -0.3 is 14.4 Å². The topological polar surface area (TPSA) is 55.8 Å². The van der Waals surface area contributed by atoms with Gasteiger partial charge in [0.1, 0.15) is 6.61 Å². The lowest BCUT2D eigenvalue weighted by molar-refractivity contribution is -0.117. The molecule has 0 atom stereocenters. The Bertz CT molecular complexity index is 1320. The van der Waals surface area contributed by atoms with Crippen LogP contribution in [0.2, 0.25) is 10.0 Å². The van der Waals surface area contributed by atoms with Gasteiger partial charge in [0.05, 0.1) is 21.1 Å². The summed E-state index contributed by atoms with van der Waals surface area (Å²) in [4.78, 5) is 29.1. The van der Waals surface area contributed by atoms with Crippen LogP contribution < -0.4 is 9.47 Å². The van der Waals surface area contributed by atoms with E-state index >= 15 is 0 Å². The van der Waals surface area contributed by atoms with E-state index in [1.54, 1.807) is 12.1 Å². The highest BCUT2D eigenvalue weighted by molar-refractivity contribution is 9.10. The molecule has 0 N–H and O–H groups in total. The second kappa shape index (κ2) is 11.4. The highest BCUT2D eigenvalue weighted by Crippen LogP contribution is 2.51. The molecule has 1 aliphatic heterocycles. The SMILES string of the molecule is CCOc1cc(C2C3=C(CCCC3=O)N(CC)C3=C2C(=O)CCC3)cc(Br)c1OCc1ccc(Cl)c(Cl)c1. The van der Waals surface area contributed by atoms with Crippen LogP contribution in [0.4, 0.5) is 0 Å². The molecule has 0 unspecified atom stereocenters. The number of carbonyl (C=O) groups excluding carboxylic acids is 2. The number of hydrogen-bond donors (Lipinski definition) is 0. The minimum absolute atomic E-state index is 0.133. The van der Waals surface area contributed by atoms with Gasteiger partial charge in [-0.2, -0.15) is 0 Å². The molecule has 3 aliphatic rings. The van der Waals surface area contributed by atoms with Crippen LogP contribution in [0, 0.1) is 0 Å². The summed E-state index contributed by atoms with van der Waals surface area (Å²) >= 11 is 15.9. The Morgan fingerprint density at radius 3 is 2.13 bits per heavy atom. The third-order valence-corrected chi connectivity index (χ3v) is 8.76. The number of nitrogens with zero attached hydrogens (tertiary/aromatic N) is 1. The van der Waals surface area contributed by atoms with E-state index < -0.39 is 5.92 Å². The minimum Gasteiger partial charge on any atom is -0.490 e. The Hall–Kier alpha value is -2.28. The quantitative estimate of drug-likeness (QED) is 0.313. The number of benzene rings is 2. The maximum atomic E-state index is 13.4. The highest BCUT2D eigenvalue weighted by atomic mass is 79.9. The van der Waals surface area contributed by atoms with Gasteiger partial charge >= 0.3 is 0 Å². The molecular weight excluding hydrogens is 589 g/mol. The fourth-order valence-electron chi connectivity index (χ4n) is 5.87. The van der Waals surface area contributed by atoms with Crippen LogP contribution in [-0.2, 0) is 16.2 Å². The van der Waals surface area contributed by atoms with E-state index in [2.05, 4.69) is 27.8 Å². The van der Waals surface area contributed by atoms with Crippen LogP contribution in [0.1, 0.15) is 69.4 Å². The van der Waals surface area contributed by atoms with Crippen molar-refractivity contribution in [2.24, 2.45) is 0 Å². The van der Waals surface area contributed by atoms with E-state index in [1.807, 2.05) is 25.1 Å². The van der Waals surface area contributed by atoms with Crippen LogP contribution >= 0.6 is 39.1 Å². The number of halogens is 3. The third kappa shape index (κ3) is 5.03. The first-order valence-corrected chi connectivity index (χ1v) is 14.7. The molecule has 5 nitrogen and oxygen atoms in total. The summed E-state index contributed by atoms with van der Waals surface area (Å²) in [5.41, 5.74) is 5.43. The zero-order chi connectivity index (χ0) is 27.0. The van der Waals surface area contributed by atoms with Gasteiger partial charge in [-0.3, -0.25) is 9.59 Å². The van der Waals surface area contributed by atoms with Crippen molar-refractivity contribution >= 4 is 50.7 Å². The predicted molar refractivity (Wildman–Crippen MR) is 153 cm³/mol. The van der Waals surface area contributed by atoms with Gasteiger partial charge in [-0.05, 0) is 90.9 Å². The highest BCUT2D eigenvalue weighted by Gasteiger charge is 2.43. The summed E-state index contributed by atoms with van der Waals surface area (Å²) in [7, 11) is 0. The Labute approximate surface area is 241 Å². The largest absolute Gasteiger partial charge is 0.490 e. The van der Waals surface area contributed by atoms with Crippen molar-refractivity contribution in [2.45, 2.75) is 64.9 Å². The lowest BCUT2D eigenvalue weighted by Gasteiger charge is -2.43. The van der Waals surface area contributed by atoms with Crippen LogP contribution in [-0.4, -0.2) is 29.6 Å². The third-order valence-electron chi connectivity index (χ3n) is 7.43. The zero-order valence-electron chi connectivity index (χ0n) is 21.5. The molecule has 0 saturated carbocycles. The molecule has 2 aromatic carbocycles. The molecule has 200 valence electrons. The van der Waals surface area contributed by atoms with Gasteiger partial charge in [-0.15, -0.1) is 0 Å². The summed E-state index contributed by atoms with van der Waals surface area (Å²) in [6.07, 6.45) is 4.39. The fraction of sp³-hybridized carbons (Fsp3) is 0.400. The first kappa shape index (κ1) is 27.3. The second-order valence-corrected chi connectivity index (χ2v) is 11.4. The van der Waals surface area contributed by atoms with Crippen molar-refractivity contribution < 1.29 is 19.1 Å². The van der Waals surface area contributed by atoms with Crippen molar-refractivity contribution in [1.82, 2.24) is 4.90 Å². The molecule has 5 rings (SSSR count). The first-order valence-electron chi connectivity index (χ1n) is 13.2. The van der Waals surface area contributed by atoms with E-state index in [0.29, 0.717) is 45.5 Å². The van der Waals surface area contributed by atoms with E-state index in [9.17, 15) is 9.59 Å². The molecule has 0 amide bonds. The van der Waals surface area contributed by atoms with Crippen molar-refractivity contribution in [3.63, 3.8) is 0 Å². The molecule has 1 heterocycles. The first-order chi connectivity index (χ1) is 18.3. The normalized spacial score (nSPS) is 18.1. The van der Waals surface area contributed by atoms with E-state index in [1.165, 1.54) is 0 Å². The van der Waals surface area contributed by atoms with Crippen molar-refractivity contribution in [2.75, 3.05) is 13.2 Å². The van der Waals surface area contributed by atoms with Crippen molar-refractivity contribution in [3.05, 3.63) is 78.5 Å². The molecule has 0 aromatic heterocycles. The number of rotatable bonds is 7. The predicted octanol–water partition coefficient (Wildman–Crippen LogP) is 8.17. The lowest BCUT2D eigenvalue weighted by Crippen LogP contribution is -2.39. The minimum atomic E-state index is -0.400. The number of ether oxygens (including phenoxy) is 2. The second-order valence-electron chi connectivity index (χ2n) is 9.75. The van der Waals surface area contributed by atoms with Gasteiger partial charge in [-0.1, -0.05) is 29.3 Å².